The fourth-order valence-electron chi connectivity index (χ4n) is 2.99. The van der Waals surface area contributed by atoms with Gasteiger partial charge in [0, 0.05) is 19.0 Å². The second-order valence-corrected chi connectivity index (χ2v) is 6.86. The predicted octanol–water partition coefficient (Wildman–Crippen LogP) is 1.88. The summed E-state index contributed by atoms with van der Waals surface area (Å²) in [4.78, 5) is 48.8. The molecule has 9 heteroatoms. The van der Waals surface area contributed by atoms with Crippen molar-refractivity contribution >= 4 is 41.0 Å². The maximum absolute atomic E-state index is 12.6. The molecule has 1 aromatic rings. The van der Waals surface area contributed by atoms with Crippen LogP contribution in [0.3, 0.4) is 0 Å². The first kappa shape index (κ1) is 20.7. The van der Waals surface area contributed by atoms with Gasteiger partial charge in [0.2, 0.25) is 11.8 Å². The number of carboxylic acids is 1. The zero-order valence-corrected chi connectivity index (χ0v) is 15.9. The van der Waals surface area contributed by atoms with E-state index in [2.05, 4.69) is 10.6 Å². The molecule has 3 amide bonds. The fraction of sp³-hybridized carbons (Fsp3) is 0.444. The highest BCUT2D eigenvalue weighted by atomic mass is 35.5. The summed E-state index contributed by atoms with van der Waals surface area (Å²) in [6.45, 7) is 3.21. The van der Waals surface area contributed by atoms with Crippen molar-refractivity contribution in [1.29, 1.82) is 0 Å². The average Bonchev–Trinajstić information content (AvgIpc) is 2.62. The van der Waals surface area contributed by atoms with E-state index in [1.807, 2.05) is 0 Å². The molecule has 1 aliphatic rings. The smallest absolute Gasteiger partial charge is 0.326 e. The Hall–Kier alpha value is -2.61. The Morgan fingerprint density at radius 3 is 2.56 bits per heavy atom. The first-order valence-electron chi connectivity index (χ1n) is 8.62. The number of nitrogens with zero attached hydrogens (tertiary/aromatic N) is 1. The van der Waals surface area contributed by atoms with Crippen molar-refractivity contribution in [2.24, 2.45) is 0 Å². The molecule has 0 aromatic heterocycles. The molecule has 8 nitrogen and oxygen atoms in total. The van der Waals surface area contributed by atoms with E-state index < -0.39 is 29.9 Å². The van der Waals surface area contributed by atoms with Crippen molar-refractivity contribution in [3.63, 3.8) is 0 Å². The third-order valence-corrected chi connectivity index (χ3v) is 4.64. The number of piperidine rings is 1. The Bertz CT molecular complexity index is 767. The van der Waals surface area contributed by atoms with Gasteiger partial charge in [-0.05, 0) is 44.4 Å². The number of halogens is 1. The standard InChI is InChI=1S/C18H22ClN3O5/c1-10(17(25)22-8-4-3-5-15(22)18(26)27)20-16(24)12-6-7-14(13(19)9-12)21-11(2)23/h6-7,9-10,15H,3-5,8H2,1-2H3,(H,20,24)(H,21,23)(H,26,27). The minimum absolute atomic E-state index is 0.193. The molecule has 1 saturated heterocycles. The Morgan fingerprint density at radius 2 is 1.96 bits per heavy atom. The van der Waals surface area contributed by atoms with E-state index in [4.69, 9.17) is 11.6 Å². The van der Waals surface area contributed by atoms with Crippen LogP contribution in [0.5, 0.6) is 0 Å². The molecule has 1 aromatic carbocycles. The molecule has 1 heterocycles. The third-order valence-electron chi connectivity index (χ3n) is 4.33. The van der Waals surface area contributed by atoms with Gasteiger partial charge in [-0.15, -0.1) is 0 Å². The second kappa shape index (κ2) is 8.85. The normalized spacial score (nSPS) is 17.7. The number of likely N-dealkylation sites (tertiary alicyclic amines) is 1. The van der Waals surface area contributed by atoms with Gasteiger partial charge < -0.3 is 20.6 Å². The van der Waals surface area contributed by atoms with Crippen LogP contribution < -0.4 is 10.6 Å². The van der Waals surface area contributed by atoms with Gasteiger partial charge >= 0.3 is 5.97 Å². The van der Waals surface area contributed by atoms with Crippen molar-refractivity contribution in [3.05, 3.63) is 28.8 Å². The highest BCUT2D eigenvalue weighted by Gasteiger charge is 2.34. The van der Waals surface area contributed by atoms with Crippen LogP contribution in [0.15, 0.2) is 18.2 Å². The SMILES string of the molecule is CC(=O)Nc1ccc(C(=O)NC(C)C(=O)N2CCCCC2C(=O)O)cc1Cl. The molecule has 0 aliphatic carbocycles. The number of aliphatic carboxylic acids is 1. The number of amides is 3. The number of anilines is 1. The molecule has 0 spiro atoms. The Labute approximate surface area is 161 Å². The van der Waals surface area contributed by atoms with Crippen LogP contribution >= 0.6 is 11.6 Å². The second-order valence-electron chi connectivity index (χ2n) is 6.45. The van der Waals surface area contributed by atoms with Crippen LogP contribution in [-0.2, 0) is 14.4 Å². The Balaban J connectivity index is 2.06. The molecule has 0 saturated carbocycles. The molecule has 2 unspecified atom stereocenters. The molecule has 3 N–H and O–H groups in total. The number of carboxylic acid groups (broad SMARTS) is 1. The van der Waals surface area contributed by atoms with Gasteiger partial charge in [-0.1, -0.05) is 11.6 Å². The van der Waals surface area contributed by atoms with Crippen molar-refractivity contribution in [2.75, 3.05) is 11.9 Å². The van der Waals surface area contributed by atoms with E-state index in [0.717, 1.165) is 12.8 Å². The first-order chi connectivity index (χ1) is 12.7. The summed E-state index contributed by atoms with van der Waals surface area (Å²) in [6.07, 6.45) is 1.89. The van der Waals surface area contributed by atoms with E-state index in [1.165, 1.54) is 36.9 Å². The molecule has 1 fully saturated rings. The zero-order chi connectivity index (χ0) is 20.1. The lowest BCUT2D eigenvalue weighted by Crippen LogP contribution is -2.54. The molecular formula is C18H22ClN3O5. The lowest BCUT2D eigenvalue weighted by Gasteiger charge is -2.34. The Morgan fingerprint density at radius 1 is 1.26 bits per heavy atom. The number of hydrogen-bond donors (Lipinski definition) is 3. The minimum Gasteiger partial charge on any atom is -0.480 e. The molecule has 27 heavy (non-hydrogen) atoms. The van der Waals surface area contributed by atoms with Crippen LogP contribution in [0.25, 0.3) is 0 Å². The maximum Gasteiger partial charge on any atom is 0.326 e. The molecular weight excluding hydrogens is 374 g/mol. The number of rotatable bonds is 5. The summed E-state index contributed by atoms with van der Waals surface area (Å²) in [5.41, 5.74) is 0.602. The van der Waals surface area contributed by atoms with E-state index >= 15 is 0 Å². The molecule has 2 atom stereocenters. The van der Waals surface area contributed by atoms with Gasteiger partial charge in [-0.25, -0.2) is 4.79 Å². The first-order valence-corrected chi connectivity index (χ1v) is 8.99. The quantitative estimate of drug-likeness (QED) is 0.704. The van der Waals surface area contributed by atoms with Crippen molar-refractivity contribution in [3.8, 4) is 0 Å². The number of nitrogens with one attached hydrogen (secondary N) is 2. The minimum atomic E-state index is -1.04. The molecule has 146 valence electrons. The monoisotopic (exact) mass is 395 g/mol. The summed E-state index contributed by atoms with van der Waals surface area (Å²) < 4.78 is 0. The van der Waals surface area contributed by atoms with Crippen molar-refractivity contribution in [2.45, 2.75) is 45.2 Å². The van der Waals surface area contributed by atoms with Gasteiger partial charge in [0.1, 0.15) is 12.1 Å². The van der Waals surface area contributed by atoms with Crippen LogP contribution in [0.4, 0.5) is 5.69 Å². The highest BCUT2D eigenvalue weighted by Crippen LogP contribution is 2.23. The topological polar surface area (TPSA) is 116 Å². The van der Waals surface area contributed by atoms with E-state index in [9.17, 15) is 24.3 Å². The van der Waals surface area contributed by atoms with E-state index in [0.29, 0.717) is 18.7 Å². The third kappa shape index (κ3) is 5.19. The number of carbonyl (C=O) groups excluding carboxylic acids is 3. The van der Waals surface area contributed by atoms with Crippen molar-refractivity contribution < 1.29 is 24.3 Å². The summed E-state index contributed by atoms with van der Waals surface area (Å²) >= 11 is 6.06. The summed E-state index contributed by atoms with van der Waals surface area (Å²) in [6, 6.07) is 2.62. The largest absolute Gasteiger partial charge is 0.480 e. The van der Waals surface area contributed by atoms with E-state index in [-0.39, 0.29) is 16.5 Å². The fourth-order valence-corrected chi connectivity index (χ4v) is 3.22. The van der Waals surface area contributed by atoms with Gasteiger partial charge in [0.15, 0.2) is 0 Å². The van der Waals surface area contributed by atoms with Gasteiger partial charge in [0.05, 0.1) is 10.7 Å². The predicted molar refractivity (Wildman–Crippen MR) is 99.7 cm³/mol. The summed E-state index contributed by atoms with van der Waals surface area (Å²) in [5, 5.41) is 14.6. The molecule has 0 radical (unpaired) electrons. The average molecular weight is 396 g/mol. The van der Waals surface area contributed by atoms with Crippen LogP contribution in [0.2, 0.25) is 5.02 Å². The Kier molecular flexibility index (Phi) is 6.79. The van der Waals surface area contributed by atoms with Crippen LogP contribution in [0.1, 0.15) is 43.5 Å². The van der Waals surface area contributed by atoms with Gasteiger partial charge in [0.25, 0.3) is 5.91 Å². The maximum atomic E-state index is 12.6. The molecule has 2 rings (SSSR count). The van der Waals surface area contributed by atoms with Crippen molar-refractivity contribution in [1.82, 2.24) is 10.2 Å². The van der Waals surface area contributed by atoms with Gasteiger partial charge in [-0.3, -0.25) is 14.4 Å². The lowest BCUT2D eigenvalue weighted by molar-refractivity contribution is -0.152. The molecule has 0 bridgehead atoms. The lowest BCUT2D eigenvalue weighted by atomic mass is 10.0. The van der Waals surface area contributed by atoms with Crippen LogP contribution in [-0.4, -0.2) is 52.3 Å². The number of hydrogen-bond acceptors (Lipinski definition) is 4. The summed E-state index contributed by atoms with van der Waals surface area (Å²) in [7, 11) is 0. The van der Waals surface area contributed by atoms with E-state index in [1.54, 1.807) is 0 Å². The molecule has 1 aliphatic heterocycles. The van der Waals surface area contributed by atoms with Crippen LogP contribution in [0, 0.1) is 0 Å². The van der Waals surface area contributed by atoms with Gasteiger partial charge in [-0.2, -0.15) is 0 Å². The zero-order valence-electron chi connectivity index (χ0n) is 15.1. The number of benzene rings is 1. The summed E-state index contributed by atoms with van der Waals surface area (Å²) in [5.74, 6) is -2.28. The highest BCUT2D eigenvalue weighted by molar-refractivity contribution is 6.34. The number of carbonyl (C=O) groups is 4.